The molecule has 0 fully saturated rings. The lowest BCUT2D eigenvalue weighted by atomic mass is 10.1. The number of oxazole rings is 1. The molecule has 2 aromatic carbocycles. The smallest absolute Gasteiger partial charge is 0.226 e. The summed E-state index contributed by atoms with van der Waals surface area (Å²) in [7, 11) is 1.74. The van der Waals surface area contributed by atoms with E-state index in [0.29, 0.717) is 12.3 Å². The van der Waals surface area contributed by atoms with Crippen molar-refractivity contribution in [2.75, 3.05) is 7.11 Å². The number of aromatic nitrogens is 1. The van der Waals surface area contributed by atoms with E-state index in [1.165, 1.54) is 5.56 Å². The van der Waals surface area contributed by atoms with Gasteiger partial charge in [-0.05, 0) is 56.2 Å². The van der Waals surface area contributed by atoms with E-state index >= 15 is 0 Å². The maximum Gasteiger partial charge on any atom is 0.226 e. The van der Waals surface area contributed by atoms with Crippen molar-refractivity contribution in [3.63, 3.8) is 0 Å². The predicted molar refractivity (Wildman–Crippen MR) is 106 cm³/mol. The standard InChI is InChI=1S/C23H23NO3/c1-15(25-3)11-17-9-10-22-19(12-17)13-20(27-22)14-21-16(2)26-23(24-21)18-7-5-4-6-8-18/h4-10,12-13,15H,11,14H2,1-3H3. The van der Waals surface area contributed by atoms with Crippen LogP contribution in [0.3, 0.4) is 0 Å². The van der Waals surface area contributed by atoms with Crippen molar-refractivity contribution in [1.29, 1.82) is 0 Å². The number of fused-ring (bicyclic) bond motifs is 1. The Morgan fingerprint density at radius 1 is 1.04 bits per heavy atom. The third kappa shape index (κ3) is 3.81. The molecule has 0 aliphatic heterocycles. The summed E-state index contributed by atoms with van der Waals surface area (Å²) in [4.78, 5) is 4.67. The van der Waals surface area contributed by atoms with Crippen molar-refractivity contribution in [3.8, 4) is 11.5 Å². The molecule has 2 aromatic heterocycles. The summed E-state index contributed by atoms with van der Waals surface area (Å²) < 4.78 is 17.2. The van der Waals surface area contributed by atoms with Gasteiger partial charge in [0.1, 0.15) is 17.1 Å². The van der Waals surface area contributed by atoms with E-state index in [-0.39, 0.29) is 6.10 Å². The summed E-state index contributed by atoms with van der Waals surface area (Å²) in [5.74, 6) is 2.36. The minimum atomic E-state index is 0.197. The lowest BCUT2D eigenvalue weighted by Crippen LogP contribution is -2.08. The zero-order chi connectivity index (χ0) is 18.8. The number of hydrogen-bond donors (Lipinski definition) is 0. The lowest BCUT2D eigenvalue weighted by Gasteiger charge is -2.08. The molecule has 2 heterocycles. The lowest BCUT2D eigenvalue weighted by molar-refractivity contribution is 0.119. The number of rotatable bonds is 6. The summed E-state index contributed by atoms with van der Waals surface area (Å²) in [6.07, 6.45) is 1.69. The topological polar surface area (TPSA) is 48.4 Å². The van der Waals surface area contributed by atoms with Gasteiger partial charge >= 0.3 is 0 Å². The number of hydrogen-bond acceptors (Lipinski definition) is 4. The molecule has 0 spiro atoms. The molecule has 0 saturated heterocycles. The Bertz CT molecular complexity index is 1050. The molecule has 4 heteroatoms. The van der Waals surface area contributed by atoms with Crippen LogP contribution in [-0.4, -0.2) is 18.2 Å². The number of furan rings is 1. The van der Waals surface area contributed by atoms with E-state index in [1.807, 2.05) is 43.3 Å². The van der Waals surface area contributed by atoms with E-state index in [9.17, 15) is 0 Å². The summed E-state index contributed by atoms with van der Waals surface area (Å²) in [5.41, 5.74) is 4.02. The van der Waals surface area contributed by atoms with Crippen molar-refractivity contribution < 1.29 is 13.6 Å². The van der Waals surface area contributed by atoms with Gasteiger partial charge in [-0.1, -0.05) is 24.3 Å². The van der Waals surface area contributed by atoms with E-state index in [1.54, 1.807) is 7.11 Å². The quantitative estimate of drug-likeness (QED) is 0.451. The van der Waals surface area contributed by atoms with Gasteiger partial charge in [-0.25, -0.2) is 4.98 Å². The van der Waals surface area contributed by atoms with Gasteiger partial charge in [0.25, 0.3) is 0 Å². The third-order valence-electron chi connectivity index (χ3n) is 4.81. The molecule has 27 heavy (non-hydrogen) atoms. The summed E-state index contributed by atoms with van der Waals surface area (Å²) in [6, 6.07) is 18.3. The van der Waals surface area contributed by atoms with Gasteiger partial charge < -0.3 is 13.6 Å². The van der Waals surface area contributed by atoms with Crippen molar-refractivity contribution in [2.45, 2.75) is 32.8 Å². The van der Waals surface area contributed by atoms with Gasteiger partial charge in [0.15, 0.2) is 0 Å². The molecule has 4 nitrogen and oxygen atoms in total. The first-order chi connectivity index (χ1) is 13.1. The van der Waals surface area contributed by atoms with Crippen molar-refractivity contribution in [2.24, 2.45) is 0 Å². The molecular weight excluding hydrogens is 338 g/mol. The predicted octanol–water partition coefficient (Wildman–Crippen LogP) is 5.56. The van der Waals surface area contributed by atoms with Gasteiger partial charge in [-0.3, -0.25) is 0 Å². The number of methoxy groups -OCH3 is 1. The normalized spacial score (nSPS) is 12.6. The second kappa shape index (κ2) is 7.41. The van der Waals surface area contributed by atoms with E-state index in [0.717, 1.165) is 40.2 Å². The molecular formula is C23H23NO3. The van der Waals surface area contributed by atoms with Crippen LogP contribution < -0.4 is 0 Å². The first-order valence-corrected chi connectivity index (χ1v) is 9.18. The largest absolute Gasteiger partial charge is 0.461 e. The maximum absolute atomic E-state index is 6.02. The maximum atomic E-state index is 6.02. The number of ether oxygens (including phenoxy) is 1. The molecule has 138 valence electrons. The first-order valence-electron chi connectivity index (χ1n) is 9.18. The molecule has 0 amide bonds. The van der Waals surface area contributed by atoms with Crippen LogP contribution in [0.15, 0.2) is 63.4 Å². The highest BCUT2D eigenvalue weighted by Crippen LogP contribution is 2.26. The Hall–Kier alpha value is -2.85. The molecule has 0 radical (unpaired) electrons. The van der Waals surface area contributed by atoms with Gasteiger partial charge in [0.05, 0.1) is 18.2 Å². The molecule has 4 rings (SSSR count). The summed E-state index contributed by atoms with van der Waals surface area (Å²) in [6.45, 7) is 4.02. The van der Waals surface area contributed by atoms with Crippen LogP contribution in [0, 0.1) is 6.92 Å². The van der Waals surface area contributed by atoms with Crippen molar-refractivity contribution in [1.82, 2.24) is 4.98 Å². The van der Waals surface area contributed by atoms with Gasteiger partial charge in [0.2, 0.25) is 5.89 Å². The van der Waals surface area contributed by atoms with Crippen molar-refractivity contribution in [3.05, 3.63) is 77.4 Å². The van der Waals surface area contributed by atoms with Crippen molar-refractivity contribution >= 4 is 11.0 Å². The van der Waals surface area contributed by atoms with Crippen LogP contribution in [0.1, 0.15) is 29.7 Å². The Morgan fingerprint density at radius 3 is 2.63 bits per heavy atom. The van der Waals surface area contributed by atoms with Gasteiger partial charge in [-0.2, -0.15) is 0 Å². The second-order valence-electron chi connectivity index (χ2n) is 6.90. The zero-order valence-corrected chi connectivity index (χ0v) is 15.9. The molecule has 0 N–H and O–H groups in total. The fourth-order valence-electron chi connectivity index (χ4n) is 3.24. The Morgan fingerprint density at radius 2 is 1.85 bits per heavy atom. The highest BCUT2D eigenvalue weighted by Gasteiger charge is 2.14. The average Bonchev–Trinajstić information content (AvgIpc) is 3.25. The minimum Gasteiger partial charge on any atom is -0.461 e. The van der Waals surface area contributed by atoms with Gasteiger partial charge in [0, 0.05) is 18.1 Å². The SMILES string of the molecule is COC(C)Cc1ccc2oc(Cc3nc(-c4ccccc4)oc3C)cc2c1. The van der Waals surface area contributed by atoms with Crippen LogP contribution in [0.4, 0.5) is 0 Å². The monoisotopic (exact) mass is 361 g/mol. The third-order valence-corrected chi connectivity index (χ3v) is 4.81. The summed E-state index contributed by atoms with van der Waals surface area (Å²) >= 11 is 0. The molecule has 0 aliphatic carbocycles. The van der Waals surface area contributed by atoms with E-state index < -0.39 is 0 Å². The number of nitrogens with zero attached hydrogens (tertiary/aromatic N) is 1. The molecule has 4 aromatic rings. The van der Waals surface area contributed by atoms with Crippen LogP contribution in [0.2, 0.25) is 0 Å². The highest BCUT2D eigenvalue weighted by atomic mass is 16.5. The molecule has 0 saturated carbocycles. The molecule has 1 atom stereocenters. The fourth-order valence-corrected chi connectivity index (χ4v) is 3.24. The Balaban J connectivity index is 1.57. The highest BCUT2D eigenvalue weighted by molar-refractivity contribution is 5.78. The zero-order valence-electron chi connectivity index (χ0n) is 15.9. The minimum absolute atomic E-state index is 0.197. The number of aryl methyl sites for hydroxylation is 1. The Kier molecular flexibility index (Phi) is 4.82. The van der Waals surface area contributed by atoms with Crippen LogP contribution in [0.5, 0.6) is 0 Å². The Labute approximate surface area is 158 Å². The van der Waals surface area contributed by atoms with E-state index in [2.05, 4.69) is 30.1 Å². The summed E-state index contributed by atoms with van der Waals surface area (Å²) in [5, 5.41) is 1.11. The average molecular weight is 361 g/mol. The fraction of sp³-hybridized carbons (Fsp3) is 0.261. The first kappa shape index (κ1) is 17.6. The van der Waals surface area contributed by atoms with Gasteiger partial charge in [-0.15, -0.1) is 0 Å². The number of benzene rings is 2. The van der Waals surface area contributed by atoms with Crippen LogP contribution in [0.25, 0.3) is 22.4 Å². The van der Waals surface area contributed by atoms with Crippen LogP contribution >= 0.6 is 0 Å². The second-order valence-corrected chi connectivity index (χ2v) is 6.90. The van der Waals surface area contributed by atoms with E-state index in [4.69, 9.17) is 13.6 Å². The molecule has 1 unspecified atom stereocenters. The molecule has 0 aliphatic rings. The molecule has 0 bridgehead atoms. The van der Waals surface area contributed by atoms with Crippen LogP contribution in [-0.2, 0) is 17.6 Å².